The molecule has 3 atom stereocenters. The van der Waals surface area contributed by atoms with E-state index < -0.39 is 11.5 Å². The minimum atomic E-state index is -1.73. The maximum absolute atomic E-state index is 13.7. The summed E-state index contributed by atoms with van der Waals surface area (Å²) in [4.78, 5) is 15.3. The van der Waals surface area contributed by atoms with Gasteiger partial charge in [0, 0.05) is 29.2 Å². The second-order valence-corrected chi connectivity index (χ2v) is 10.3. The van der Waals surface area contributed by atoms with E-state index in [2.05, 4.69) is 10.3 Å². The Kier molecular flexibility index (Phi) is 7.93. The summed E-state index contributed by atoms with van der Waals surface area (Å²) in [6, 6.07) is 24.7. The van der Waals surface area contributed by atoms with Gasteiger partial charge in [0.1, 0.15) is 0 Å². The van der Waals surface area contributed by atoms with Gasteiger partial charge < -0.3 is 15.1 Å². The van der Waals surface area contributed by atoms with Crippen LogP contribution in [0.3, 0.4) is 0 Å². The van der Waals surface area contributed by atoms with E-state index in [4.69, 9.17) is 11.6 Å². The molecule has 8 heteroatoms. The second-order valence-electron chi connectivity index (χ2n) is 9.86. The zero-order chi connectivity index (χ0) is 27.4. The summed E-state index contributed by atoms with van der Waals surface area (Å²) in [5.74, 6) is -1.09. The lowest BCUT2D eigenvalue weighted by atomic mass is 9.83. The Bertz CT molecular complexity index is 1460. The van der Waals surface area contributed by atoms with Crippen LogP contribution < -0.4 is 4.90 Å². The van der Waals surface area contributed by atoms with Gasteiger partial charge in [-0.2, -0.15) is 0 Å². The van der Waals surface area contributed by atoms with Gasteiger partial charge in [-0.1, -0.05) is 96.6 Å². The predicted octanol–water partition coefficient (Wildman–Crippen LogP) is 5.07. The Labute approximate surface area is 233 Å². The highest BCUT2D eigenvalue weighted by Gasteiger charge is 2.52. The van der Waals surface area contributed by atoms with Crippen LogP contribution in [0.5, 0.6) is 0 Å². The lowest BCUT2D eigenvalue weighted by Gasteiger charge is -2.27. The maximum Gasteiger partial charge on any atom is 0.264 e. The number of rotatable bonds is 10. The van der Waals surface area contributed by atoms with Crippen molar-refractivity contribution in [1.29, 1.82) is 0 Å². The van der Waals surface area contributed by atoms with Crippen molar-refractivity contribution in [2.75, 3.05) is 11.5 Å². The molecule has 0 radical (unpaired) electrons. The number of aliphatic hydroxyl groups is 2. The molecule has 1 amide bonds. The maximum atomic E-state index is 13.7. The molecule has 1 aromatic heterocycles. The summed E-state index contributed by atoms with van der Waals surface area (Å²) in [6.45, 7) is 2.71. The molecule has 5 rings (SSSR count). The number of halogens is 1. The smallest absolute Gasteiger partial charge is 0.264 e. The molecule has 4 aromatic rings. The highest BCUT2D eigenvalue weighted by molar-refractivity contribution is 6.31. The molecule has 2 heterocycles. The third-order valence-corrected chi connectivity index (χ3v) is 7.56. The molecule has 0 bridgehead atoms. The molecule has 1 aliphatic rings. The number of aryl methyl sites for hydroxylation is 1. The fourth-order valence-corrected chi connectivity index (χ4v) is 5.30. The van der Waals surface area contributed by atoms with E-state index in [0.717, 1.165) is 11.1 Å². The molecule has 200 valence electrons. The van der Waals surface area contributed by atoms with Gasteiger partial charge in [-0.3, -0.25) is 9.48 Å². The fraction of sp³-hybridized carbons (Fsp3) is 0.258. The van der Waals surface area contributed by atoms with Gasteiger partial charge in [0.25, 0.3) is 5.91 Å². The van der Waals surface area contributed by atoms with Crippen LogP contribution >= 0.6 is 11.6 Å². The largest absolute Gasteiger partial charge is 0.395 e. The van der Waals surface area contributed by atoms with Crippen molar-refractivity contribution < 1.29 is 15.0 Å². The highest BCUT2D eigenvalue weighted by Crippen LogP contribution is 2.46. The van der Waals surface area contributed by atoms with Gasteiger partial charge in [0.2, 0.25) is 0 Å². The Balaban J connectivity index is 1.28. The first kappa shape index (κ1) is 26.8. The van der Waals surface area contributed by atoms with Crippen molar-refractivity contribution in [1.82, 2.24) is 15.0 Å². The molecule has 7 nitrogen and oxygen atoms in total. The quantitative estimate of drug-likeness (QED) is 0.273. The van der Waals surface area contributed by atoms with E-state index in [0.29, 0.717) is 41.5 Å². The average Bonchev–Trinajstić information content (AvgIpc) is 3.50. The van der Waals surface area contributed by atoms with E-state index in [1.807, 2.05) is 85.9 Å². The molecule has 1 unspecified atom stereocenters. The fourth-order valence-electron chi connectivity index (χ4n) is 5.13. The highest BCUT2D eigenvalue weighted by atomic mass is 35.5. The average molecular weight is 543 g/mol. The summed E-state index contributed by atoms with van der Waals surface area (Å²) in [6.07, 6.45) is 6.29. The number of hydrogen-bond acceptors (Lipinski definition) is 5. The molecule has 0 spiro atoms. The molecule has 0 fully saturated rings. The summed E-state index contributed by atoms with van der Waals surface area (Å²) in [5.41, 5.74) is 2.13. The number of anilines is 1. The Hall–Kier alpha value is -3.78. The number of carbonyl (C=O) groups excluding carboxylic acids is 1. The minimum absolute atomic E-state index is 0.0560. The number of aliphatic hydroxyl groups excluding tert-OH is 1. The Morgan fingerprint density at radius 3 is 2.49 bits per heavy atom. The lowest BCUT2D eigenvalue weighted by Crippen LogP contribution is -2.44. The van der Waals surface area contributed by atoms with Gasteiger partial charge in [0.15, 0.2) is 5.60 Å². The third kappa shape index (κ3) is 5.39. The molecule has 1 aliphatic heterocycles. The van der Waals surface area contributed by atoms with Gasteiger partial charge in [0.05, 0.1) is 30.5 Å². The molecule has 0 saturated carbocycles. The molecule has 3 aromatic carbocycles. The number of benzene rings is 3. The zero-order valence-corrected chi connectivity index (χ0v) is 22.4. The van der Waals surface area contributed by atoms with Crippen LogP contribution in [-0.4, -0.2) is 37.7 Å². The zero-order valence-electron chi connectivity index (χ0n) is 21.7. The first-order valence-electron chi connectivity index (χ1n) is 13.0. The molecule has 0 saturated heterocycles. The van der Waals surface area contributed by atoms with Crippen molar-refractivity contribution in [2.45, 2.75) is 38.0 Å². The Morgan fingerprint density at radius 2 is 1.77 bits per heavy atom. The van der Waals surface area contributed by atoms with Crippen LogP contribution in [0, 0.1) is 5.92 Å². The van der Waals surface area contributed by atoms with Crippen LogP contribution in [0.2, 0.25) is 5.02 Å². The molecule has 39 heavy (non-hydrogen) atoms. The summed E-state index contributed by atoms with van der Waals surface area (Å²) < 4.78 is 1.74. The summed E-state index contributed by atoms with van der Waals surface area (Å²) >= 11 is 6.29. The number of amides is 1. The van der Waals surface area contributed by atoms with Crippen LogP contribution in [0.1, 0.15) is 41.6 Å². The third-order valence-electron chi connectivity index (χ3n) is 7.32. The number of allylic oxidation sites excluding steroid dienone is 1. The van der Waals surface area contributed by atoms with Crippen LogP contribution in [-0.2, 0) is 23.5 Å². The van der Waals surface area contributed by atoms with Crippen molar-refractivity contribution >= 4 is 23.2 Å². The van der Waals surface area contributed by atoms with E-state index in [-0.39, 0.29) is 18.4 Å². The van der Waals surface area contributed by atoms with E-state index in [1.54, 1.807) is 27.8 Å². The molecule has 0 aliphatic carbocycles. The van der Waals surface area contributed by atoms with E-state index in [1.165, 1.54) is 0 Å². The minimum Gasteiger partial charge on any atom is -0.395 e. The van der Waals surface area contributed by atoms with E-state index >= 15 is 0 Å². The van der Waals surface area contributed by atoms with E-state index in [9.17, 15) is 15.0 Å². The van der Waals surface area contributed by atoms with Gasteiger partial charge in [-0.15, -0.1) is 5.10 Å². The number of fused-ring (bicyclic) bond motifs is 1. The van der Waals surface area contributed by atoms with Gasteiger partial charge >= 0.3 is 0 Å². The lowest BCUT2D eigenvalue weighted by molar-refractivity contribution is -0.139. The van der Waals surface area contributed by atoms with Gasteiger partial charge in [-0.05, 0) is 35.7 Å². The molecule has 2 N–H and O–H groups in total. The Morgan fingerprint density at radius 1 is 1.05 bits per heavy atom. The van der Waals surface area contributed by atoms with Crippen LogP contribution in [0.15, 0.2) is 97.2 Å². The number of carbonyl (C=O) groups is 1. The molecular formula is C31H31ClN4O3. The van der Waals surface area contributed by atoms with Crippen molar-refractivity contribution in [3.05, 3.63) is 125 Å². The second kappa shape index (κ2) is 11.5. The number of aromatic nitrogens is 3. The van der Waals surface area contributed by atoms with Crippen molar-refractivity contribution in [3.63, 3.8) is 0 Å². The normalized spacial score (nSPS) is 18.5. The topological polar surface area (TPSA) is 91.5 Å². The molecular weight excluding hydrogens is 512 g/mol. The monoisotopic (exact) mass is 542 g/mol. The van der Waals surface area contributed by atoms with Gasteiger partial charge in [-0.25, -0.2) is 0 Å². The number of nitrogens with zero attached hydrogens (tertiary/aromatic N) is 4. The van der Waals surface area contributed by atoms with Crippen molar-refractivity contribution in [2.24, 2.45) is 5.92 Å². The van der Waals surface area contributed by atoms with Crippen molar-refractivity contribution in [3.8, 4) is 0 Å². The first-order valence-corrected chi connectivity index (χ1v) is 13.4. The SMILES string of the molecule is C[C@@H](/C=C/CCn1cc(C(CO)c2ccccc2)nn1)[C@]1(O)C(=O)N(Cc2ccccc2)c2ccc(Cl)cc21. The van der Waals surface area contributed by atoms with Crippen LogP contribution in [0.25, 0.3) is 0 Å². The predicted molar refractivity (Wildman–Crippen MR) is 151 cm³/mol. The standard InChI is InChI=1S/C31H31ClN4O3/c1-22(10-8-9-17-35-20-28(33-34-35)26(21-37)24-13-6-3-7-14-24)31(39)27-18-25(32)15-16-29(27)36(30(31)38)19-23-11-4-2-5-12-23/h2-8,10-16,18,20,22,26,37,39H,9,17,19,21H2,1H3/b10-8+/t22-,26?,31+/m0/s1. The number of hydrogen-bond donors (Lipinski definition) is 2. The first-order chi connectivity index (χ1) is 18.9. The summed E-state index contributed by atoms with van der Waals surface area (Å²) in [7, 11) is 0. The summed E-state index contributed by atoms with van der Waals surface area (Å²) in [5, 5.41) is 30.7. The van der Waals surface area contributed by atoms with Crippen LogP contribution in [0.4, 0.5) is 5.69 Å².